The Morgan fingerprint density at radius 3 is 2.58 bits per heavy atom. The lowest BCUT2D eigenvalue weighted by atomic mass is 10.1. The third kappa shape index (κ3) is 2.93. The summed E-state index contributed by atoms with van der Waals surface area (Å²) < 4.78 is 26.5. The van der Waals surface area contributed by atoms with E-state index < -0.39 is 17.5 Å². The minimum absolute atomic E-state index is 0.305. The molecule has 0 saturated heterocycles. The van der Waals surface area contributed by atoms with Crippen LogP contribution in [0.3, 0.4) is 0 Å². The van der Waals surface area contributed by atoms with E-state index in [4.69, 9.17) is 0 Å². The van der Waals surface area contributed by atoms with Crippen molar-refractivity contribution >= 4 is 5.91 Å². The van der Waals surface area contributed by atoms with Gasteiger partial charge in [-0.2, -0.15) is 0 Å². The van der Waals surface area contributed by atoms with E-state index in [1.807, 2.05) is 0 Å². The molecule has 1 amide bonds. The van der Waals surface area contributed by atoms with Crippen LogP contribution in [0.5, 0.6) is 0 Å². The van der Waals surface area contributed by atoms with E-state index in [-0.39, 0.29) is 11.6 Å². The molecule has 0 radical (unpaired) electrons. The second kappa shape index (κ2) is 5.56. The third-order valence-corrected chi connectivity index (χ3v) is 2.75. The number of hydrogen-bond donors (Lipinski definition) is 1. The molecule has 98 valence electrons. The van der Waals surface area contributed by atoms with Gasteiger partial charge in [0.2, 0.25) is 0 Å². The molecule has 1 aromatic carbocycles. The maximum absolute atomic E-state index is 13.5. The molecule has 0 saturated carbocycles. The van der Waals surface area contributed by atoms with Crippen LogP contribution in [-0.2, 0) is 0 Å². The van der Waals surface area contributed by atoms with Crippen LogP contribution in [0.25, 0.3) is 0 Å². The maximum atomic E-state index is 13.5. The fourth-order valence-electron chi connectivity index (χ4n) is 1.69. The molecule has 2 rings (SSSR count). The Hall–Kier alpha value is -2.30. The van der Waals surface area contributed by atoms with Crippen LogP contribution in [-0.4, -0.2) is 10.9 Å². The van der Waals surface area contributed by atoms with Gasteiger partial charge in [0.15, 0.2) is 11.6 Å². The quantitative estimate of drug-likeness (QED) is 0.924. The van der Waals surface area contributed by atoms with Crippen LogP contribution in [0, 0.1) is 11.6 Å². The minimum atomic E-state index is -1.14. The van der Waals surface area contributed by atoms with Crippen molar-refractivity contribution in [2.75, 3.05) is 0 Å². The Labute approximate surface area is 109 Å². The van der Waals surface area contributed by atoms with Crippen molar-refractivity contribution in [1.29, 1.82) is 0 Å². The smallest absolute Gasteiger partial charge is 0.254 e. The molecule has 5 heteroatoms. The molecule has 0 fully saturated rings. The van der Waals surface area contributed by atoms with Crippen LogP contribution >= 0.6 is 0 Å². The molecule has 1 heterocycles. The van der Waals surface area contributed by atoms with E-state index in [0.717, 1.165) is 11.6 Å². The Kier molecular flexibility index (Phi) is 3.85. The summed E-state index contributed by atoms with van der Waals surface area (Å²) >= 11 is 0. The molecule has 0 aliphatic carbocycles. The highest BCUT2D eigenvalue weighted by molar-refractivity contribution is 5.94. The molecule has 1 unspecified atom stereocenters. The monoisotopic (exact) mass is 262 g/mol. The summed E-state index contributed by atoms with van der Waals surface area (Å²) in [4.78, 5) is 15.7. The minimum Gasteiger partial charge on any atom is -0.345 e. The first-order valence-electron chi connectivity index (χ1n) is 5.74. The standard InChI is InChI=1S/C14H12F2N2O/c1-9(10-5-7-17-8-6-10)18-14(19)11-3-2-4-12(15)13(11)16/h2-9H,1H3,(H,18,19). The molecule has 0 aliphatic rings. The van der Waals surface area contributed by atoms with Gasteiger partial charge in [-0.1, -0.05) is 6.07 Å². The van der Waals surface area contributed by atoms with Gasteiger partial charge in [0.25, 0.3) is 5.91 Å². The summed E-state index contributed by atoms with van der Waals surface area (Å²) in [5.41, 5.74) is 0.529. The predicted molar refractivity (Wildman–Crippen MR) is 66.5 cm³/mol. The topological polar surface area (TPSA) is 42.0 Å². The highest BCUT2D eigenvalue weighted by Gasteiger charge is 2.17. The average Bonchev–Trinajstić information content (AvgIpc) is 2.42. The Morgan fingerprint density at radius 2 is 1.89 bits per heavy atom. The highest BCUT2D eigenvalue weighted by atomic mass is 19.2. The lowest BCUT2D eigenvalue weighted by molar-refractivity contribution is 0.0934. The second-order valence-corrected chi connectivity index (χ2v) is 4.08. The number of carbonyl (C=O) groups excluding carboxylic acids is 1. The fraction of sp³-hybridized carbons (Fsp3) is 0.143. The van der Waals surface area contributed by atoms with Crippen LogP contribution in [0.4, 0.5) is 8.78 Å². The number of aromatic nitrogens is 1. The zero-order chi connectivity index (χ0) is 13.8. The number of halogens is 2. The summed E-state index contributed by atoms with van der Waals surface area (Å²) in [6, 6.07) is 6.67. The zero-order valence-corrected chi connectivity index (χ0v) is 10.2. The normalized spacial score (nSPS) is 11.9. The molecule has 2 aromatic rings. The van der Waals surface area contributed by atoms with E-state index in [0.29, 0.717) is 0 Å². The Morgan fingerprint density at radius 1 is 1.21 bits per heavy atom. The lowest BCUT2D eigenvalue weighted by Gasteiger charge is -2.14. The highest BCUT2D eigenvalue weighted by Crippen LogP contribution is 2.14. The first kappa shape index (κ1) is 13.1. The molecule has 0 spiro atoms. The number of pyridine rings is 1. The van der Waals surface area contributed by atoms with Crippen molar-refractivity contribution in [3.63, 3.8) is 0 Å². The van der Waals surface area contributed by atoms with E-state index in [2.05, 4.69) is 10.3 Å². The van der Waals surface area contributed by atoms with Gasteiger partial charge in [0.1, 0.15) is 0 Å². The summed E-state index contributed by atoms with van der Waals surface area (Å²) in [7, 11) is 0. The largest absolute Gasteiger partial charge is 0.345 e. The number of nitrogens with zero attached hydrogens (tertiary/aromatic N) is 1. The van der Waals surface area contributed by atoms with Gasteiger partial charge >= 0.3 is 0 Å². The van der Waals surface area contributed by atoms with Crippen LogP contribution < -0.4 is 5.32 Å². The Balaban J connectivity index is 2.16. The summed E-state index contributed by atoms with van der Waals surface area (Å²) in [5.74, 6) is -2.83. The van der Waals surface area contributed by atoms with Gasteiger partial charge in [-0.25, -0.2) is 8.78 Å². The summed E-state index contributed by atoms with van der Waals surface area (Å²) in [6.45, 7) is 1.75. The second-order valence-electron chi connectivity index (χ2n) is 4.08. The molecular weight excluding hydrogens is 250 g/mol. The maximum Gasteiger partial charge on any atom is 0.254 e. The zero-order valence-electron chi connectivity index (χ0n) is 10.2. The van der Waals surface area contributed by atoms with Gasteiger partial charge in [0.05, 0.1) is 11.6 Å². The molecular formula is C14H12F2N2O. The van der Waals surface area contributed by atoms with Gasteiger partial charge in [-0.15, -0.1) is 0 Å². The van der Waals surface area contributed by atoms with E-state index in [1.165, 1.54) is 12.1 Å². The predicted octanol–water partition coefficient (Wildman–Crippen LogP) is 2.85. The SMILES string of the molecule is CC(NC(=O)c1cccc(F)c1F)c1ccncc1. The average molecular weight is 262 g/mol. The Bertz CT molecular complexity index is 587. The van der Waals surface area contributed by atoms with Crippen LogP contribution in [0.2, 0.25) is 0 Å². The van der Waals surface area contributed by atoms with Crippen molar-refractivity contribution < 1.29 is 13.6 Å². The van der Waals surface area contributed by atoms with Gasteiger partial charge in [0, 0.05) is 12.4 Å². The van der Waals surface area contributed by atoms with Crippen LogP contribution in [0.15, 0.2) is 42.7 Å². The van der Waals surface area contributed by atoms with E-state index in [1.54, 1.807) is 31.5 Å². The molecule has 0 aliphatic heterocycles. The number of hydrogen-bond acceptors (Lipinski definition) is 2. The van der Waals surface area contributed by atoms with Gasteiger partial charge < -0.3 is 5.32 Å². The fourth-order valence-corrected chi connectivity index (χ4v) is 1.69. The molecule has 19 heavy (non-hydrogen) atoms. The van der Waals surface area contributed by atoms with Crippen molar-refractivity contribution in [3.8, 4) is 0 Å². The van der Waals surface area contributed by atoms with E-state index in [9.17, 15) is 13.6 Å². The van der Waals surface area contributed by atoms with Crippen molar-refractivity contribution in [3.05, 3.63) is 65.5 Å². The molecule has 1 aromatic heterocycles. The number of amides is 1. The van der Waals surface area contributed by atoms with E-state index >= 15 is 0 Å². The number of nitrogens with one attached hydrogen (secondary N) is 1. The summed E-state index contributed by atoms with van der Waals surface area (Å²) in [5, 5.41) is 2.61. The lowest BCUT2D eigenvalue weighted by Crippen LogP contribution is -2.27. The first-order valence-corrected chi connectivity index (χ1v) is 5.74. The number of benzene rings is 1. The molecule has 1 N–H and O–H groups in total. The van der Waals surface area contributed by atoms with Crippen LogP contribution in [0.1, 0.15) is 28.9 Å². The van der Waals surface area contributed by atoms with Crippen molar-refractivity contribution in [2.45, 2.75) is 13.0 Å². The number of carbonyl (C=O) groups is 1. The third-order valence-electron chi connectivity index (χ3n) is 2.75. The number of rotatable bonds is 3. The molecule has 3 nitrogen and oxygen atoms in total. The molecule has 1 atom stereocenters. The van der Waals surface area contributed by atoms with Gasteiger partial charge in [-0.05, 0) is 36.8 Å². The molecule has 0 bridgehead atoms. The van der Waals surface area contributed by atoms with Crippen molar-refractivity contribution in [2.24, 2.45) is 0 Å². The van der Waals surface area contributed by atoms with Crippen molar-refractivity contribution in [1.82, 2.24) is 10.3 Å². The van der Waals surface area contributed by atoms with Gasteiger partial charge in [-0.3, -0.25) is 9.78 Å². The first-order chi connectivity index (χ1) is 9.09. The summed E-state index contributed by atoms with van der Waals surface area (Å²) in [6.07, 6.45) is 3.20.